The van der Waals surface area contributed by atoms with E-state index in [1.54, 1.807) is 18.2 Å². The van der Waals surface area contributed by atoms with E-state index >= 15 is 0 Å². The van der Waals surface area contributed by atoms with Crippen molar-refractivity contribution >= 4 is 5.91 Å². The third kappa shape index (κ3) is 5.83. The van der Waals surface area contributed by atoms with Crippen molar-refractivity contribution in [2.24, 2.45) is 5.73 Å². The number of aliphatic hydroxyl groups is 1. The van der Waals surface area contributed by atoms with E-state index in [9.17, 15) is 9.90 Å². The summed E-state index contributed by atoms with van der Waals surface area (Å²) in [5, 5.41) is 9.73. The highest BCUT2D eigenvalue weighted by molar-refractivity contribution is 5.92. The second kappa shape index (κ2) is 7.89. The molecule has 1 aromatic carbocycles. The lowest BCUT2D eigenvalue weighted by atomic mass is 10.1. The van der Waals surface area contributed by atoms with Crippen molar-refractivity contribution in [3.8, 4) is 0 Å². The third-order valence-electron chi connectivity index (χ3n) is 2.70. The first-order valence-corrected chi connectivity index (χ1v) is 6.36. The zero-order valence-corrected chi connectivity index (χ0v) is 11.5. The summed E-state index contributed by atoms with van der Waals surface area (Å²) in [4.78, 5) is 13.1. The largest absolute Gasteiger partial charge is 0.389 e. The van der Waals surface area contributed by atoms with Gasteiger partial charge in [-0.2, -0.15) is 0 Å². The summed E-state index contributed by atoms with van der Waals surface area (Å²) in [6.07, 6.45) is -0.510. The molecule has 1 rings (SSSR count). The van der Waals surface area contributed by atoms with E-state index in [0.717, 1.165) is 5.56 Å². The van der Waals surface area contributed by atoms with Gasteiger partial charge < -0.3 is 15.6 Å². The van der Waals surface area contributed by atoms with Crippen molar-refractivity contribution in [2.45, 2.75) is 19.6 Å². The Balaban J connectivity index is 2.49. The number of carbonyl (C=O) groups excluding carboxylic acids is 1. The highest BCUT2D eigenvalue weighted by atomic mass is 16.5. The fourth-order valence-electron chi connectivity index (χ4n) is 1.87. The molecule has 0 radical (unpaired) electrons. The molecule has 5 heteroatoms. The van der Waals surface area contributed by atoms with Crippen LogP contribution in [0.3, 0.4) is 0 Å². The topological polar surface area (TPSA) is 75.8 Å². The molecule has 0 aromatic heterocycles. The van der Waals surface area contributed by atoms with Gasteiger partial charge in [-0.3, -0.25) is 9.69 Å². The lowest BCUT2D eigenvalue weighted by Gasteiger charge is -2.20. The van der Waals surface area contributed by atoms with Crippen LogP contribution in [0.1, 0.15) is 22.8 Å². The molecule has 3 N–H and O–H groups in total. The average molecular weight is 266 g/mol. The van der Waals surface area contributed by atoms with Gasteiger partial charge in [0.25, 0.3) is 0 Å². The van der Waals surface area contributed by atoms with E-state index in [1.807, 2.05) is 24.9 Å². The van der Waals surface area contributed by atoms with Gasteiger partial charge in [0.15, 0.2) is 0 Å². The van der Waals surface area contributed by atoms with Crippen molar-refractivity contribution in [1.29, 1.82) is 0 Å². The maximum atomic E-state index is 11.1. The monoisotopic (exact) mass is 266 g/mol. The minimum absolute atomic E-state index is 0.335. The van der Waals surface area contributed by atoms with Crippen molar-refractivity contribution < 1.29 is 14.6 Å². The second-order valence-corrected chi connectivity index (χ2v) is 4.57. The Kier molecular flexibility index (Phi) is 6.49. The van der Waals surface area contributed by atoms with E-state index in [4.69, 9.17) is 10.5 Å². The van der Waals surface area contributed by atoms with Gasteiger partial charge in [0.05, 0.1) is 12.7 Å². The third-order valence-corrected chi connectivity index (χ3v) is 2.70. The van der Waals surface area contributed by atoms with Gasteiger partial charge in [0.2, 0.25) is 5.91 Å². The summed E-state index contributed by atoms with van der Waals surface area (Å²) < 4.78 is 5.16. The summed E-state index contributed by atoms with van der Waals surface area (Å²) in [5.74, 6) is -0.430. The molecule has 1 amide bonds. The SMILES string of the molecule is CCOCC(O)CN(C)Cc1cccc(C(N)=O)c1. The molecule has 0 aliphatic carbocycles. The van der Waals surface area contributed by atoms with E-state index in [0.29, 0.717) is 31.9 Å². The molecule has 0 bridgehead atoms. The number of ether oxygens (including phenoxy) is 1. The van der Waals surface area contributed by atoms with Crippen LogP contribution in [0.2, 0.25) is 0 Å². The highest BCUT2D eigenvalue weighted by Crippen LogP contribution is 2.07. The molecule has 1 unspecified atom stereocenters. The maximum absolute atomic E-state index is 11.1. The lowest BCUT2D eigenvalue weighted by molar-refractivity contribution is 0.0244. The molecule has 0 saturated heterocycles. The number of nitrogens with zero attached hydrogens (tertiary/aromatic N) is 1. The van der Waals surface area contributed by atoms with Crippen molar-refractivity contribution in [1.82, 2.24) is 4.90 Å². The van der Waals surface area contributed by atoms with Crippen LogP contribution in [-0.4, -0.2) is 48.8 Å². The van der Waals surface area contributed by atoms with E-state index in [-0.39, 0.29) is 0 Å². The van der Waals surface area contributed by atoms with Gasteiger partial charge in [-0.1, -0.05) is 12.1 Å². The second-order valence-electron chi connectivity index (χ2n) is 4.57. The Labute approximate surface area is 114 Å². The number of rotatable bonds is 8. The van der Waals surface area contributed by atoms with Crippen LogP contribution in [0, 0.1) is 0 Å². The van der Waals surface area contributed by atoms with E-state index < -0.39 is 12.0 Å². The van der Waals surface area contributed by atoms with Crippen LogP contribution < -0.4 is 5.73 Å². The van der Waals surface area contributed by atoms with Crippen LogP contribution in [0.5, 0.6) is 0 Å². The lowest BCUT2D eigenvalue weighted by Crippen LogP contribution is -2.32. The quantitative estimate of drug-likeness (QED) is 0.723. The van der Waals surface area contributed by atoms with Gasteiger partial charge in [-0.25, -0.2) is 0 Å². The molecular formula is C14H22N2O3. The van der Waals surface area contributed by atoms with Crippen molar-refractivity contribution in [3.05, 3.63) is 35.4 Å². The van der Waals surface area contributed by atoms with Crippen LogP contribution in [-0.2, 0) is 11.3 Å². The molecule has 19 heavy (non-hydrogen) atoms. The first-order valence-electron chi connectivity index (χ1n) is 6.36. The number of aliphatic hydroxyl groups excluding tert-OH is 1. The molecule has 1 atom stereocenters. The molecule has 0 heterocycles. The Hall–Kier alpha value is -1.43. The molecule has 0 aliphatic heterocycles. The highest BCUT2D eigenvalue weighted by Gasteiger charge is 2.09. The standard InChI is InChI=1S/C14H22N2O3/c1-3-19-10-13(17)9-16(2)8-11-5-4-6-12(7-11)14(15)18/h4-7,13,17H,3,8-10H2,1-2H3,(H2,15,18). The summed E-state index contributed by atoms with van der Waals surface area (Å²) in [6, 6.07) is 7.20. The van der Waals surface area contributed by atoms with Crippen LogP contribution in [0.15, 0.2) is 24.3 Å². The van der Waals surface area contributed by atoms with Gasteiger partial charge in [-0.15, -0.1) is 0 Å². The zero-order valence-electron chi connectivity index (χ0n) is 11.5. The number of likely N-dealkylation sites (N-methyl/N-ethyl adjacent to an activating group) is 1. The van der Waals surface area contributed by atoms with Crippen molar-refractivity contribution in [2.75, 3.05) is 26.8 Å². The first kappa shape index (κ1) is 15.6. The van der Waals surface area contributed by atoms with E-state index in [1.165, 1.54) is 0 Å². The molecule has 0 aliphatic rings. The number of hydrogen-bond acceptors (Lipinski definition) is 4. The Morgan fingerprint density at radius 1 is 1.53 bits per heavy atom. The average Bonchev–Trinajstić information content (AvgIpc) is 2.36. The summed E-state index contributed by atoms with van der Waals surface area (Å²) >= 11 is 0. The van der Waals surface area contributed by atoms with Gasteiger partial charge in [0.1, 0.15) is 0 Å². The predicted molar refractivity (Wildman–Crippen MR) is 73.8 cm³/mol. The number of benzene rings is 1. The zero-order chi connectivity index (χ0) is 14.3. The molecule has 0 fully saturated rings. The smallest absolute Gasteiger partial charge is 0.248 e. The molecule has 0 saturated carbocycles. The number of nitrogens with two attached hydrogens (primary N) is 1. The van der Waals surface area contributed by atoms with Gasteiger partial charge >= 0.3 is 0 Å². The normalized spacial score (nSPS) is 12.6. The molecule has 106 valence electrons. The van der Waals surface area contributed by atoms with Crippen LogP contribution in [0.25, 0.3) is 0 Å². The fourth-order valence-corrected chi connectivity index (χ4v) is 1.87. The first-order chi connectivity index (χ1) is 9.02. The minimum atomic E-state index is -0.510. The Bertz CT molecular complexity index is 409. The van der Waals surface area contributed by atoms with Crippen LogP contribution in [0.4, 0.5) is 0 Å². The fraction of sp³-hybridized carbons (Fsp3) is 0.500. The van der Waals surface area contributed by atoms with E-state index in [2.05, 4.69) is 0 Å². The molecule has 0 spiro atoms. The Morgan fingerprint density at radius 3 is 2.89 bits per heavy atom. The summed E-state index contributed by atoms with van der Waals surface area (Å²) in [6.45, 7) is 3.99. The molecule has 5 nitrogen and oxygen atoms in total. The maximum Gasteiger partial charge on any atom is 0.248 e. The number of carbonyl (C=O) groups is 1. The summed E-state index contributed by atoms with van der Waals surface area (Å²) in [5.41, 5.74) is 6.73. The molecule has 1 aromatic rings. The number of amides is 1. The van der Waals surface area contributed by atoms with Crippen molar-refractivity contribution in [3.63, 3.8) is 0 Å². The number of primary amides is 1. The minimum Gasteiger partial charge on any atom is -0.389 e. The van der Waals surface area contributed by atoms with Gasteiger partial charge in [0, 0.05) is 25.3 Å². The predicted octanol–water partition coefficient (Wildman–Crippen LogP) is 0.615. The van der Waals surface area contributed by atoms with Gasteiger partial charge in [-0.05, 0) is 31.7 Å². The summed E-state index contributed by atoms with van der Waals surface area (Å²) in [7, 11) is 1.91. The number of hydrogen-bond donors (Lipinski definition) is 2. The van der Waals surface area contributed by atoms with Crippen LogP contribution >= 0.6 is 0 Å². The Morgan fingerprint density at radius 2 is 2.26 bits per heavy atom. The molecular weight excluding hydrogens is 244 g/mol.